The standard InChI is InChI=1S/C8H17N.CHN/c1-7-2-4-8(6-9)5-3-7;1-2/h7-8H,2-6,9H2,1H3;1H. The van der Waals surface area contributed by atoms with E-state index < -0.39 is 0 Å². The molecule has 0 spiro atoms. The average Bonchev–Trinajstić information content (AvgIpc) is 2.10. The number of nitriles is 1. The lowest BCUT2D eigenvalue weighted by atomic mass is 9.83. The van der Waals surface area contributed by atoms with Crippen molar-refractivity contribution >= 4 is 0 Å². The van der Waals surface area contributed by atoms with Gasteiger partial charge in [0.25, 0.3) is 0 Å². The molecule has 1 aliphatic rings. The topological polar surface area (TPSA) is 49.8 Å². The third kappa shape index (κ3) is 4.00. The minimum atomic E-state index is 0.848. The molecular weight excluding hydrogens is 136 g/mol. The van der Waals surface area contributed by atoms with Crippen LogP contribution >= 0.6 is 0 Å². The lowest BCUT2D eigenvalue weighted by molar-refractivity contribution is 0.296. The van der Waals surface area contributed by atoms with Gasteiger partial charge >= 0.3 is 0 Å². The molecule has 0 atom stereocenters. The average molecular weight is 154 g/mol. The minimum Gasteiger partial charge on any atom is -0.330 e. The first-order chi connectivity index (χ1) is 5.33. The summed E-state index contributed by atoms with van der Waals surface area (Å²) < 4.78 is 0. The third-order valence-electron chi connectivity index (χ3n) is 2.47. The van der Waals surface area contributed by atoms with E-state index in [-0.39, 0.29) is 0 Å². The molecule has 2 N–H and O–H groups in total. The molecule has 0 aromatic carbocycles. The summed E-state index contributed by atoms with van der Waals surface area (Å²) in [5, 5.41) is 6.50. The Balaban J connectivity index is 0.000000461. The molecule has 0 aliphatic heterocycles. The molecule has 0 amide bonds. The first-order valence-electron chi connectivity index (χ1n) is 4.29. The van der Waals surface area contributed by atoms with Gasteiger partial charge in [0.05, 0.1) is 0 Å². The Morgan fingerprint density at radius 2 is 1.73 bits per heavy atom. The Kier molecular flexibility index (Phi) is 5.87. The molecule has 2 nitrogen and oxygen atoms in total. The summed E-state index contributed by atoms with van der Waals surface area (Å²) in [6.07, 6.45) is 5.55. The normalized spacial score (nSPS) is 30.2. The van der Waals surface area contributed by atoms with E-state index in [0.717, 1.165) is 18.4 Å². The smallest absolute Gasteiger partial charge is 0.0462 e. The zero-order valence-electron chi connectivity index (χ0n) is 7.29. The fourth-order valence-corrected chi connectivity index (χ4v) is 1.56. The summed E-state index contributed by atoms with van der Waals surface area (Å²) in [4.78, 5) is 0. The van der Waals surface area contributed by atoms with Gasteiger partial charge in [-0.1, -0.05) is 19.8 Å². The number of rotatable bonds is 1. The molecule has 1 fully saturated rings. The molecule has 1 rings (SSSR count). The van der Waals surface area contributed by atoms with E-state index in [1.165, 1.54) is 25.7 Å². The van der Waals surface area contributed by atoms with Crippen molar-refractivity contribution in [3.63, 3.8) is 0 Å². The number of hydrogen-bond donors (Lipinski definition) is 1. The molecule has 1 aliphatic carbocycles. The molecule has 0 saturated heterocycles. The quantitative estimate of drug-likeness (QED) is 0.627. The number of hydrogen-bond acceptors (Lipinski definition) is 2. The van der Waals surface area contributed by atoms with Crippen LogP contribution in [0.25, 0.3) is 0 Å². The maximum atomic E-state index is 6.50. The fourth-order valence-electron chi connectivity index (χ4n) is 1.56. The van der Waals surface area contributed by atoms with Crippen molar-refractivity contribution in [2.45, 2.75) is 32.6 Å². The van der Waals surface area contributed by atoms with Crippen molar-refractivity contribution in [2.75, 3.05) is 6.54 Å². The third-order valence-corrected chi connectivity index (χ3v) is 2.47. The highest BCUT2D eigenvalue weighted by molar-refractivity contribution is 4.69. The van der Waals surface area contributed by atoms with Crippen LogP contribution in [0, 0.1) is 23.7 Å². The van der Waals surface area contributed by atoms with Gasteiger partial charge in [-0.3, -0.25) is 0 Å². The van der Waals surface area contributed by atoms with Crippen molar-refractivity contribution in [3.05, 3.63) is 0 Å². The Morgan fingerprint density at radius 3 is 2.09 bits per heavy atom. The number of nitrogens with zero attached hydrogens (tertiary/aromatic N) is 1. The summed E-state index contributed by atoms with van der Waals surface area (Å²) in [7, 11) is 0. The second kappa shape index (κ2) is 6.18. The highest BCUT2D eigenvalue weighted by Crippen LogP contribution is 2.26. The largest absolute Gasteiger partial charge is 0.330 e. The van der Waals surface area contributed by atoms with Gasteiger partial charge in [0.15, 0.2) is 0 Å². The summed E-state index contributed by atoms with van der Waals surface area (Å²) in [6, 6.07) is 0. The molecule has 0 heterocycles. The molecule has 0 aromatic rings. The van der Waals surface area contributed by atoms with Crippen molar-refractivity contribution in [1.29, 1.82) is 5.26 Å². The highest BCUT2D eigenvalue weighted by atomic mass is 14.5. The molecule has 0 bridgehead atoms. The van der Waals surface area contributed by atoms with E-state index in [2.05, 4.69) is 13.5 Å². The summed E-state index contributed by atoms with van der Waals surface area (Å²) in [5.74, 6) is 1.81. The van der Waals surface area contributed by atoms with E-state index in [1.54, 1.807) is 0 Å². The van der Waals surface area contributed by atoms with Crippen molar-refractivity contribution in [1.82, 2.24) is 0 Å². The van der Waals surface area contributed by atoms with Gasteiger partial charge in [0.2, 0.25) is 0 Å². The minimum absolute atomic E-state index is 0.848. The number of nitrogens with two attached hydrogens (primary N) is 1. The lowest BCUT2D eigenvalue weighted by Gasteiger charge is -2.24. The monoisotopic (exact) mass is 154 g/mol. The second-order valence-corrected chi connectivity index (χ2v) is 3.36. The first-order valence-corrected chi connectivity index (χ1v) is 4.29. The Bertz CT molecular complexity index is 101. The SMILES string of the molecule is C#N.CC1CCC(CN)CC1. The predicted octanol–water partition coefficient (Wildman–Crippen LogP) is 1.91. The zero-order valence-corrected chi connectivity index (χ0v) is 7.29. The maximum Gasteiger partial charge on any atom is 0.0462 e. The summed E-state index contributed by atoms with van der Waals surface area (Å²) >= 11 is 0. The van der Waals surface area contributed by atoms with Gasteiger partial charge in [0.1, 0.15) is 0 Å². The van der Waals surface area contributed by atoms with E-state index in [9.17, 15) is 0 Å². The zero-order chi connectivity index (χ0) is 8.69. The van der Waals surface area contributed by atoms with Crippen molar-refractivity contribution in [2.24, 2.45) is 17.6 Å². The lowest BCUT2D eigenvalue weighted by Crippen LogP contribution is -2.20. The van der Waals surface area contributed by atoms with Crippen LogP contribution in [-0.2, 0) is 0 Å². The van der Waals surface area contributed by atoms with Crippen LogP contribution in [-0.4, -0.2) is 6.54 Å². The van der Waals surface area contributed by atoms with Crippen molar-refractivity contribution in [3.8, 4) is 6.57 Å². The van der Waals surface area contributed by atoms with Gasteiger partial charge in [0, 0.05) is 6.57 Å². The van der Waals surface area contributed by atoms with Gasteiger partial charge in [-0.25, -0.2) is 5.26 Å². The molecule has 0 radical (unpaired) electrons. The van der Waals surface area contributed by atoms with E-state index in [0.29, 0.717) is 0 Å². The molecule has 64 valence electrons. The van der Waals surface area contributed by atoms with Crippen LogP contribution < -0.4 is 5.73 Å². The summed E-state index contributed by atoms with van der Waals surface area (Å²) in [6.45, 7) is 6.75. The predicted molar refractivity (Wildman–Crippen MR) is 46.8 cm³/mol. The van der Waals surface area contributed by atoms with E-state index in [4.69, 9.17) is 11.0 Å². The molecule has 11 heavy (non-hydrogen) atoms. The van der Waals surface area contributed by atoms with Crippen LogP contribution in [0.4, 0.5) is 0 Å². The highest BCUT2D eigenvalue weighted by Gasteiger charge is 2.15. The summed E-state index contributed by atoms with van der Waals surface area (Å²) in [5.41, 5.74) is 5.55. The molecule has 0 unspecified atom stereocenters. The van der Waals surface area contributed by atoms with Crippen molar-refractivity contribution < 1.29 is 0 Å². The van der Waals surface area contributed by atoms with Gasteiger partial charge in [-0.15, -0.1) is 0 Å². The van der Waals surface area contributed by atoms with E-state index in [1.807, 2.05) is 0 Å². The van der Waals surface area contributed by atoms with Gasteiger partial charge in [-0.05, 0) is 31.2 Å². The van der Waals surface area contributed by atoms with Crippen LogP contribution in [0.3, 0.4) is 0 Å². The first kappa shape index (κ1) is 10.4. The van der Waals surface area contributed by atoms with Crippen LogP contribution in [0.1, 0.15) is 32.6 Å². The molecule has 1 saturated carbocycles. The van der Waals surface area contributed by atoms with E-state index >= 15 is 0 Å². The Morgan fingerprint density at radius 1 is 1.27 bits per heavy atom. The molecule has 2 heteroatoms. The molecule has 0 aromatic heterocycles. The Hall–Kier alpha value is -0.550. The molecular formula is C9H18N2. The van der Waals surface area contributed by atoms with Crippen LogP contribution in [0.2, 0.25) is 0 Å². The van der Waals surface area contributed by atoms with Gasteiger partial charge < -0.3 is 5.73 Å². The maximum absolute atomic E-state index is 6.50. The second-order valence-electron chi connectivity index (χ2n) is 3.36. The van der Waals surface area contributed by atoms with Gasteiger partial charge in [-0.2, -0.15) is 0 Å². The van der Waals surface area contributed by atoms with Crippen LogP contribution in [0.15, 0.2) is 0 Å². The fraction of sp³-hybridized carbons (Fsp3) is 0.889. The van der Waals surface area contributed by atoms with Crippen LogP contribution in [0.5, 0.6) is 0 Å². The Labute approximate surface area is 69.4 Å².